The summed E-state index contributed by atoms with van der Waals surface area (Å²) < 4.78 is 6.77. The molecule has 0 spiro atoms. The standard InChI is InChI=1S/C14H20BrNO/c1-2-3-4-5-6-9-17-14-8-7-13(15)10-12(14)11-16/h2,7-8,10H,1,3-6,9,11,16H2. The maximum atomic E-state index is 5.74. The molecule has 0 heterocycles. The lowest BCUT2D eigenvalue weighted by molar-refractivity contribution is 0.302. The van der Waals surface area contributed by atoms with Crippen LogP contribution in [0.1, 0.15) is 31.2 Å². The van der Waals surface area contributed by atoms with Gasteiger partial charge < -0.3 is 10.5 Å². The number of rotatable bonds is 8. The number of allylic oxidation sites excluding steroid dienone is 1. The van der Waals surface area contributed by atoms with Crippen LogP contribution >= 0.6 is 15.9 Å². The Bertz CT molecular complexity index is 352. The second-order valence-corrected chi connectivity index (χ2v) is 4.86. The summed E-state index contributed by atoms with van der Waals surface area (Å²) >= 11 is 3.43. The number of hydrogen-bond donors (Lipinski definition) is 1. The molecule has 1 rings (SSSR count). The third kappa shape index (κ3) is 5.37. The highest BCUT2D eigenvalue weighted by atomic mass is 79.9. The summed E-state index contributed by atoms with van der Waals surface area (Å²) in [5.74, 6) is 0.902. The fourth-order valence-electron chi connectivity index (χ4n) is 1.60. The van der Waals surface area contributed by atoms with Crippen LogP contribution in [-0.4, -0.2) is 6.61 Å². The Labute approximate surface area is 112 Å². The molecule has 0 aliphatic carbocycles. The van der Waals surface area contributed by atoms with Gasteiger partial charge >= 0.3 is 0 Å². The van der Waals surface area contributed by atoms with Crippen molar-refractivity contribution >= 4 is 15.9 Å². The Balaban J connectivity index is 2.33. The molecule has 0 saturated carbocycles. The highest BCUT2D eigenvalue weighted by molar-refractivity contribution is 9.10. The van der Waals surface area contributed by atoms with Crippen LogP contribution in [0.25, 0.3) is 0 Å². The molecule has 0 aliphatic rings. The monoisotopic (exact) mass is 297 g/mol. The number of hydrogen-bond acceptors (Lipinski definition) is 2. The summed E-state index contributed by atoms with van der Waals surface area (Å²) in [6, 6.07) is 5.95. The Morgan fingerprint density at radius 3 is 2.82 bits per heavy atom. The van der Waals surface area contributed by atoms with Crippen LogP contribution in [0.3, 0.4) is 0 Å². The molecular formula is C14H20BrNO. The molecule has 0 aliphatic heterocycles. The van der Waals surface area contributed by atoms with E-state index in [1.54, 1.807) is 0 Å². The fraction of sp³-hybridized carbons (Fsp3) is 0.429. The van der Waals surface area contributed by atoms with Gasteiger partial charge in [0.2, 0.25) is 0 Å². The van der Waals surface area contributed by atoms with E-state index in [1.807, 2.05) is 24.3 Å². The molecule has 3 heteroatoms. The van der Waals surface area contributed by atoms with Crippen LogP contribution in [0.4, 0.5) is 0 Å². The van der Waals surface area contributed by atoms with Gasteiger partial charge in [0.25, 0.3) is 0 Å². The van der Waals surface area contributed by atoms with Crippen molar-refractivity contribution in [1.29, 1.82) is 0 Å². The van der Waals surface area contributed by atoms with Gasteiger partial charge in [-0.2, -0.15) is 0 Å². The first-order valence-corrected chi connectivity index (χ1v) is 6.79. The van der Waals surface area contributed by atoms with E-state index in [1.165, 1.54) is 12.8 Å². The van der Waals surface area contributed by atoms with Crippen LogP contribution in [0, 0.1) is 0 Å². The number of nitrogens with two attached hydrogens (primary N) is 1. The maximum Gasteiger partial charge on any atom is 0.123 e. The van der Waals surface area contributed by atoms with E-state index in [2.05, 4.69) is 22.5 Å². The largest absolute Gasteiger partial charge is 0.493 e. The molecule has 0 atom stereocenters. The average molecular weight is 298 g/mol. The summed E-state index contributed by atoms with van der Waals surface area (Å²) in [4.78, 5) is 0. The molecule has 94 valence electrons. The fourth-order valence-corrected chi connectivity index (χ4v) is 2.01. The highest BCUT2D eigenvalue weighted by Crippen LogP contribution is 2.23. The summed E-state index contributed by atoms with van der Waals surface area (Å²) in [7, 11) is 0. The van der Waals surface area contributed by atoms with Gasteiger partial charge in [-0.25, -0.2) is 0 Å². The van der Waals surface area contributed by atoms with Gasteiger partial charge in [0, 0.05) is 16.6 Å². The van der Waals surface area contributed by atoms with Gasteiger partial charge in [-0.1, -0.05) is 22.0 Å². The summed E-state index contributed by atoms with van der Waals surface area (Å²) in [5, 5.41) is 0. The van der Waals surface area contributed by atoms with E-state index in [4.69, 9.17) is 10.5 Å². The zero-order valence-corrected chi connectivity index (χ0v) is 11.7. The van der Waals surface area contributed by atoms with Crippen molar-refractivity contribution in [1.82, 2.24) is 0 Å². The molecule has 0 amide bonds. The molecule has 1 aromatic rings. The van der Waals surface area contributed by atoms with E-state index in [-0.39, 0.29) is 0 Å². The molecule has 1 aromatic carbocycles. The summed E-state index contributed by atoms with van der Waals surface area (Å²) in [5.41, 5.74) is 6.72. The molecule has 2 nitrogen and oxygen atoms in total. The lowest BCUT2D eigenvalue weighted by Crippen LogP contribution is -2.03. The third-order valence-electron chi connectivity index (χ3n) is 2.55. The van der Waals surface area contributed by atoms with Crippen LogP contribution in [0.15, 0.2) is 35.3 Å². The summed E-state index contributed by atoms with van der Waals surface area (Å²) in [6.07, 6.45) is 6.50. The molecule has 0 saturated heterocycles. The van der Waals surface area contributed by atoms with Crippen LogP contribution in [0.5, 0.6) is 5.75 Å². The van der Waals surface area contributed by atoms with E-state index in [0.29, 0.717) is 6.54 Å². The van der Waals surface area contributed by atoms with Crippen molar-refractivity contribution in [2.75, 3.05) is 6.61 Å². The van der Waals surface area contributed by atoms with Gasteiger partial charge in [0.1, 0.15) is 5.75 Å². The predicted octanol–water partition coefficient (Wildman–Crippen LogP) is 4.03. The minimum absolute atomic E-state index is 0.505. The van der Waals surface area contributed by atoms with Gasteiger partial charge in [-0.05, 0) is 43.9 Å². The zero-order chi connectivity index (χ0) is 12.5. The van der Waals surface area contributed by atoms with Crippen molar-refractivity contribution in [3.63, 3.8) is 0 Å². The second-order valence-electron chi connectivity index (χ2n) is 3.94. The smallest absolute Gasteiger partial charge is 0.123 e. The molecule has 0 radical (unpaired) electrons. The quantitative estimate of drug-likeness (QED) is 0.581. The van der Waals surface area contributed by atoms with E-state index in [0.717, 1.165) is 35.2 Å². The minimum atomic E-state index is 0.505. The molecule has 0 unspecified atom stereocenters. The van der Waals surface area contributed by atoms with Crippen LogP contribution in [-0.2, 0) is 6.54 Å². The lowest BCUT2D eigenvalue weighted by atomic mass is 10.2. The van der Waals surface area contributed by atoms with Crippen molar-refractivity contribution in [2.45, 2.75) is 32.2 Å². The lowest BCUT2D eigenvalue weighted by Gasteiger charge is -2.10. The maximum absolute atomic E-state index is 5.74. The van der Waals surface area contributed by atoms with E-state index >= 15 is 0 Å². The molecule has 17 heavy (non-hydrogen) atoms. The number of ether oxygens (including phenoxy) is 1. The SMILES string of the molecule is C=CCCCCCOc1ccc(Br)cc1CN. The third-order valence-corrected chi connectivity index (χ3v) is 3.05. The van der Waals surface area contributed by atoms with Crippen LogP contribution < -0.4 is 10.5 Å². The second kappa shape index (κ2) is 8.31. The van der Waals surface area contributed by atoms with Crippen molar-refractivity contribution < 1.29 is 4.74 Å². The minimum Gasteiger partial charge on any atom is -0.493 e. The van der Waals surface area contributed by atoms with E-state index < -0.39 is 0 Å². The van der Waals surface area contributed by atoms with Crippen molar-refractivity contribution in [3.8, 4) is 5.75 Å². The summed E-state index contributed by atoms with van der Waals surface area (Å²) in [6.45, 7) is 4.97. The van der Waals surface area contributed by atoms with Crippen LogP contribution in [0.2, 0.25) is 0 Å². The molecule has 0 bridgehead atoms. The highest BCUT2D eigenvalue weighted by Gasteiger charge is 2.02. The number of unbranched alkanes of at least 4 members (excludes halogenated alkanes) is 3. The van der Waals surface area contributed by atoms with Gasteiger partial charge in [-0.3, -0.25) is 0 Å². The number of benzene rings is 1. The Kier molecular flexibility index (Phi) is 6.97. The normalized spacial score (nSPS) is 10.2. The molecular weight excluding hydrogens is 278 g/mol. The first kappa shape index (κ1) is 14.3. The topological polar surface area (TPSA) is 35.2 Å². The molecule has 0 fully saturated rings. The molecule has 2 N–H and O–H groups in total. The zero-order valence-electron chi connectivity index (χ0n) is 10.1. The van der Waals surface area contributed by atoms with Crippen molar-refractivity contribution in [2.24, 2.45) is 5.73 Å². The Hall–Kier alpha value is -0.800. The molecule has 0 aromatic heterocycles. The van der Waals surface area contributed by atoms with Gasteiger partial charge in [0.15, 0.2) is 0 Å². The Morgan fingerprint density at radius 2 is 2.12 bits per heavy atom. The average Bonchev–Trinajstić information content (AvgIpc) is 2.35. The van der Waals surface area contributed by atoms with E-state index in [9.17, 15) is 0 Å². The predicted molar refractivity (Wildman–Crippen MR) is 76.2 cm³/mol. The first-order chi connectivity index (χ1) is 8.27. The van der Waals surface area contributed by atoms with Gasteiger partial charge in [0.05, 0.1) is 6.61 Å². The number of halogens is 1. The Morgan fingerprint density at radius 1 is 1.29 bits per heavy atom. The first-order valence-electron chi connectivity index (χ1n) is 6.00. The van der Waals surface area contributed by atoms with Crippen molar-refractivity contribution in [3.05, 3.63) is 40.9 Å². The van der Waals surface area contributed by atoms with Gasteiger partial charge in [-0.15, -0.1) is 6.58 Å².